The maximum absolute atomic E-state index is 10.3. The first kappa shape index (κ1) is 13.5. The Morgan fingerprint density at radius 2 is 2.30 bits per heavy atom. The zero-order chi connectivity index (χ0) is 14.5. The van der Waals surface area contributed by atoms with Crippen molar-refractivity contribution in [2.75, 3.05) is 6.61 Å². The van der Waals surface area contributed by atoms with E-state index in [1.807, 2.05) is 6.08 Å². The van der Waals surface area contributed by atoms with Crippen molar-refractivity contribution >= 4 is 12.2 Å². The van der Waals surface area contributed by atoms with Crippen LogP contribution >= 0.6 is 0 Å². The van der Waals surface area contributed by atoms with Gasteiger partial charge in [0, 0.05) is 0 Å². The fourth-order valence-corrected chi connectivity index (χ4v) is 3.06. The van der Waals surface area contributed by atoms with Gasteiger partial charge in [-0.2, -0.15) is 5.10 Å². The summed E-state index contributed by atoms with van der Waals surface area (Å²) in [6.07, 6.45) is 0.720. The van der Waals surface area contributed by atoms with E-state index < -0.39 is 23.9 Å². The SMILES string of the molecule is C[C@@]1(C2CC=C3C(N)=NC=NN32)O[C@H](CO)[C@@H](O)[C@H]1O. The lowest BCUT2D eigenvalue weighted by Crippen LogP contribution is -2.55. The second-order valence-electron chi connectivity index (χ2n) is 5.39. The van der Waals surface area contributed by atoms with Crippen molar-refractivity contribution in [2.24, 2.45) is 15.8 Å². The highest BCUT2D eigenvalue weighted by atomic mass is 16.6. The number of aliphatic hydroxyl groups is 3. The van der Waals surface area contributed by atoms with Crippen molar-refractivity contribution in [3.8, 4) is 0 Å². The van der Waals surface area contributed by atoms with Crippen LogP contribution in [0.25, 0.3) is 0 Å². The second-order valence-corrected chi connectivity index (χ2v) is 5.39. The van der Waals surface area contributed by atoms with Crippen LogP contribution < -0.4 is 5.73 Å². The first-order chi connectivity index (χ1) is 9.49. The fourth-order valence-electron chi connectivity index (χ4n) is 3.06. The Kier molecular flexibility index (Phi) is 3.05. The first-order valence-electron chi connectivity index (χ1n) is 6.49. The number of nitrogens with two attached hydrogens (primary N) is 1. The summed E-state index contributed by atoms with van der Waals surface area (Å²) >= 11 is 0. The predicted octanol–water partition coefficient (Wildman–Crippen LogP) is -1.87. The molecule has 1 saturated heterocycles. The maximum Gasteiger partial charge on any atom is 0.150 e. The van der Waals surface area contributed by atoms with E-state index >= 15 is 0 Å². The van der Waals surface area contributed by atoms with E-state index in [4.69, 9.17) is 10.5 Å². The Hall–Kier alpha value is -1.48. The predicted molar refractivity (Wildman–Crippen MR) is 70.8 cm³/mol. The van der Waals surface area contributed by atoms with Gasteiger partial charge in [0.25, 0.3) is 0 Å². The highest BCUT2D eigenvalue weighted by molar-refractivity contribution is 6.02. The number of hydrogen-bond acceptors (Lipinski definition) is 8. The Morgan fingerprint density at radius 1 is 1.55 bits per heavy atom. The van der Waals surface area contributed by atoms with Crippen LogP contribution in [0.5, 0.6) is 0 Å². The number of rotatable bonds is 2. The van der Waals surface area contributed by atoms with Crippen LogP contribution in [0.4, 0.5) is 0 Å². The van der Waals surface area contributed by atoms with E-state index in [0.717, 1.165) is 0 Å². The van der Waals surface area contributed by atoms with Gasteiger partial charge < -0.3 is 25.8 Å². The lowest BCUT2D eigenvalue weighted by molar-refractivity contribution is -0.117. The molecule has 1 unspecified atom stereocenters. The monoisotopic (exact) mass is 282 g/mol. The lowest BCUT2D eigenvalue weighted by Gasteiger charge is -2.39. The van der Waals surface area contributed by atoms with E-state index in [-0.39, 0.29) is 12.6 Å². The summed E-state index contributed by atoms with van der Waals surface area (Å²) in [5.41, 5.74) is 5.42. The van der Waals surface area contributed by atoms with E-state index in [1.165, 1.54) is 6.34 Å². The average Bonchev–Trinajstić information content (AvgIpc) is 2.96. The minimum absolute atomic E-state index is 0.316. The summed E-state index contributed by atoms with van der Waals surface area (Å²) in [5.74, 6) is 0.359. The zero-order valence-electron chi connectivity index (χ0n) is 11.0. The third-order valence-corrected chi connectivity index (χ3v) is 4.25. The number of hydrogen-bond donors (Lipinski definition) is 4. The van der Waals surface area contributed by atoms with Gasteiger partial charge in [0.2, 0.25) is 0 Å². The van der Waals surface area contributed by atoms with Gasteiger partial charge in [-0.05, 0) is 13.3 Å². The Balaban J connectivity index is 1.88. The summed E-state index contributed by atoms with van der Waals surface area (Å²) in [6.45, 7) is 1.35. The van der Waals surface area contributed by atoms with Gasteiger partial charge in [-0.1, -0.05) is 6.08 Å². The van der Waals surface area contributed by atoms with Gasteiger partial charge in [0.15, 0.2) is 5.84 Å². The van der Waals surface area contributed by atoms with Crippen LogP contribution in [-0.2, 0) is 4.74 Å². The zero-order valence-corrected chi connectivity index (χ0v) is 11.0. The van der Waals surface area contributed by atoms with Gasteiger partial charge in [-0.15, -0.1) is 0 Å². The standard InChI is InChI=1S/C12H18N4O4/c1-12(10(19)9(18)7(4-17)20-12)8-3-2-6-11(13)14-5-15-16(6)8/h2,5,7-10,17-19H,3-4H2,1H3,(H2,13,14,15)/t7-,8?,9-,10-,12+/m1/s1. The largest absolute Gasteiger partial charge is 0.394 e. The van der Waals surface area contributed by atoms with E-state index in [1.54, 1.807) is 11.9 Å². The molecule has 1 fully saturated rings. The number of ether oxygens (including phenoxy) is 1. The van der Waals surface area contributed by atoms with Crippen molar-refractivity contribution < 1.29 is 20.1 Å². The fraction of sp³-hybridized carbons (Fsp3) is 0.667. The highest BCUT2D eigenvalue weighted by Gasteiger charge is 2.57. The first-order valence-corrected chi connectivity index (χ1v) is 6.49. The molecule has 8 nitrogen and oxygen atoms in total. The Morgan fingerprint density at radius 3 is 2.95 bits per heavy atom. The minimum Gasteiger partial charge on any atom is -0.394 e. The summed E-state index contributed by atoms with van der Waals surface area (Å²) < 4.78 is 5.71. The van der Waals surface area contributed by atoms with Crippen LogP contribution in [0.3, 0.4) is 0 Å². The number of amidine groups is 1. The van der Waals surface area contributed by atoms with Crippen molar-refractivity contribution in [1.29, 1.82) is 0 Å². The molecule has 0 radical (unpaired) electrons. The topological polar surface area (TPSA) is 124 Å². The maximum atomic E-state index is 10.3. The van der Waals surface area contributed by atoms with E-state index in [0.29, 0.717) is 18.0 Å². The molecule has 0 aromatic rings. The summed E-state index contributed by atoms with van der Waals surface area (Å²) in [5, 5.41) is 35.3. The Bertz CT molecular complexity index is 506. The molecule has 0 aromatic heterocycles. The molecule has 3 rings (SSSR count). The molecule has 3 aliphatic rings. The highest BCUT2D eigenvalue weighted by Crippen LogP contribution is 2.41. The van der Waals surface area contributed by atoms with Crippen LogP contribution in [0.1, 0.15) is 13.3 Å². The second kappa shape index (κ2) is 4.52. The molecule has 3 heterocycles. The van der Waals surface area contributed by atoms with E-state index in [9.17, 15) is 15.3 Å². The van der Waals surface area contributed by atoms with Crippen LogP contribution in [0, 0.1) is 0 Å². The number of aliphatic hydroxyl groups excluding tert-OH is 3. The Labute approximate surface area is 115 Å². The average molecular weight is 282 g/mol. The smallest absolute Gasteiger partial charge is 0.150 e. The molecule has 0 aliphatic carbocycles. The normalized spacial score (nSPS) is 43.5. The molecule has 8 heteroatoms. The summed E-state index contributed by atoms with van der Waals surface area (Å²) in [6, 6.07) is -0.316. The van der Waals surface area contributed by atoms with Crippen molar-refractivity contribution in [3.63, 3.8) is 0 Å². The van der Waals surface area contributed by atoms with Crippen LogP contribution in [0.2, 0.25) is 0 Å². The van der Waals surface area contributed by atoms with Crippen molar-refractivity contribution in [3.05, 3.63) is 11.8 Å². The van der Waals surface area contributed by atoms with Gasteiger partial charge in [0.05, 0.1) is 18.3 Å². The van der Waals surface area contributed by atoms with Crippen LogP contribution in [0.15, 0.2) is 21.9 Å². The number of aliphatic imine (C=N–C) groups is 1. The minimum atomic E-state index is -1.13. The number of nitrogens with zero attached hydrogens (tertiary/aromatic N) is 3. The quantitative estimate of drug-likeness (QED) is 0.470. The molecule has 0 amide bonds. The van der Waals surface area contributed by atoms with E-state index in [2.05, 4.69) is 10.1 Å². The molecule has 110 valence electrons. The van der Waals surface area contributed by atoms with Crippen molar-refractivity contribution in [2.45, 2.75) is 43.3 Å². The van der Waals surface area contributed by atoms with Gasteiger partial charge in [0.1, 0.15) is 30.3 Å². The van der Waals surface area contributed by atoms with Crippen molar-refractivity contribution in [1.82, 2.24) is 5.01 Å². The molecular formula is C12H18N4O4. The van der Waals surface area contributed by atoms with Gasteiger partial charge >= 0.3 is 0 Å². The van der Waals surface area contributed by atoms with Crippen LogP contribution in [-0.4, -0.2) is 69.1 Å². The van der Waals surface area contributed by atoms with Gasteiger partial charge in [-0.3, -0.25) is 5.01 Å². The van der Waals surface area contributed by atoms with Gasteiger partial charge in [-0.25, -0.2) is 4.99 Å². The molecule has 0 bridgehead atoms. The summed E-state index contributed by atoms with van der Waals surface area (Å²) in [7, 11) is 0. The third kappa shape index (κ3) is 1.69. The number of hydrazone groups is 1. The molecule has 5 atom stereocenters. The third-order valence-electron chi connectivity index (χ3n) is 4.25. The molecule has 0 aromatic carbocycles. The molecule has 0 spiro atoms. The lowest BCUT2D eigenvalue weighted by atomic mass is 9.87. The molecular weight excluding hydrogens is 264 g/mol. The molecule has 5 N–H and O–H groups in total. The molecule has 0 saturated carbocycles. The number of fused-ring (bicyclic) bond motifs is 1. The molecule has 20 heavy (non-hydrogen) atoms. The summed E-state index contributed by atoms with van der Waals surface area (Å²) in [4.78, 5) is 3.92. The molecule has 3 aliphatic heterocycles.